The molecule has 1 saturated heterocycles. The van der Waals surface area contributed by atoms with E-state index in [0.717, 1.165) is 44.9 Å². The van der Waals surface area contributed by atoms with Gasteiger partial charge in [-0.15, -0.1) is 0 Å². The van der Waals surface area contributed by atoms with E-state index in [1.54, 1.807) is 19.4 Å². The van der Waals surface area contributed by atoms with Crippen molar-refractivity contribution < 1.29 is 13.9 Å². The molecule has 5 nitrogen and oxygen atoms in total. The Bertz CT molecular complexity index is 614. The number of ether oxygens (including phenoxy) is 1. The first-order valence-electron chi connectivity index (χ1n) is 7.93. The molecule has 1 aromatic heterocycles. The Morgan fingerprint density at radius 1 is 1.13 bits per heavy atom. The van der Waals surface area contributed by atoms with Crippen molar-refractivity contribution >= 4 is 5.91 Å². The minimum atomic E-state index is 0.0635. The largest absolute Gasteiger partial charge is 0.497 e. The Kier molecular flexibility index (Phi) is 4.98. The van der Waals surface area contributed by atoms with Gasteiger partial charge in [0.05, 0.1) is 18.9 Å². The highest BCUT2D eigenvalue weighted by Gasteiger charge is 2.22. The van der Waals surface area contributed by atoms with E-state index in [1.807, 2.05) is 17.0 Å². The molecule has 2 aromatic rings. The summed E-state index contributed by atoms with van der Waals surface area (Å²) in [4.78, 5) is 16.5. The van der Waals surface area contributed by atoms with Crippen molar-refractivity contribution in [1.82, 2.24) is 9.80 Å². The average molecular weight is 314 g/mol. The average Bonchev–Trinajstić information content (AvgIpc) is 3.15. The molecule has 1 fully saturated rings. The van der Waals surface area contributed by atoms with E-state index in [-0.39, 0.29) is 5.91 Å². The highest BCUT2D eigenvalue weighted by atomic mass is 16.5. The second-order valence-corrected chi connectivity index (χ2v) is 5.74. The number of methoxy groups -OCH3 is 1. The molecule has 0 aliphatic carbocycles. The number of piperazine rings is 1. The van der Waals surface area contributed by atoms with Gasteiger partial charge in [-0.25, -0.2) is 0 Å². The van der Waals surface area contributed by atoms with Gasteiger partial charge in [-0.1, -0.05) is 12.1 Å². The van der Waals surface area contributed by atoms with Crippen molar-refractivity contribution in [2.45, 2.75) is 6.42 Å². The standard InChI is InChI=1S/C18H22N2O3/c1-22-17-4-2-15(3-5-17)6-8-19-9-11-20(12-10-19)18(21)16-7-13-23-14-16/h2-5,7,13-14H,6,8-12H2,1H3. The van der Waals surface area contributed by atoms with Crippen LogP contribution in [0.4, 0.5) is 0 Å². The van der Waals surface area contributed by atoms with Crippen molar-refractivity contribution in [3.63, 3.8) is 0 Å². The lowest BCUT2D eigenvalue weighted by molar-refractivity contribution is 0.0638. The van der Waals surface area contributed by atoms with Crippen LogP contribution in [-0.2, 0) is 6.42 Å². The van der Waals surface area contributed by atoms with E-state index >= 15 is 0 Å². The van der Waals surface area contributed by atoms with Crippen LogP contribution < -0.4 is 4.74 Å². The molecule has 0 bridgehead atoms. The Hall–Kier alpha value is -2.27. The lowest BCUT2D eigenvalue weighted by Crippen LogP contribution is -2.49. The zero-order valence-electron chi connectivity index (χ0n) is 13.4. The van der Waals surface area contributed by atoms with E-state index in [2.05, 4.69) is 17.0 Å². The quantitative estimate of drug-likeness (QED) is 0.849. The summed E-state index contributed by atoms with van der Waals surface area (Å²) in [5, 5.41) is 0. The van der Waals surface area contributed by atoms with E-state index in [4.69, 9.17) is 9.15 Å². The number of hydrogen-bond acceptors (Lipinski definition) is 4. The van der Waals surface area contributed by atoms with Crippen molar-refractivity contribution in [2.75, 3.05) is 39.8 Å². The van der Waals surface area contributed by atoms with Gasteiger partial charge in [0.25, 0.3) is 5.91 Å². The predicted molar refractivity (Wildman–Crippen MR) is 87.7 cm³/mol. The van der Waals surface area contributed by atoms with Crippen molar-refractivity contribution in [2.24, 2.45) is 0 Å². The number of nitrogens with zero attached hydrogens (tertiary/aromatic N) is 2. The zero-order valence-corrected chi connectivity index (χ0v) is 13.4. The minimum Gasteiger partial charge on any atom is -0.497 e. The third-order valence-electron chi connectivity index (χ3n) is 4.30. The molecular weight excluding hydrogens is 292 g/mol. The maximum atomic E-state index is 12.2. The summed E-state index contributed by atoms with van der Waals surface area (Å²) in [7, 11) is 1.68. The van der Waals surface area contributed by atoms with Gasteiger partial charge in [-0.05, 0) is 30.2 Å². The van der Waals surface area contributed by atoms with Crippen LogP contribution in [0.5, 0.6) is 5.75 Å². The van der Waals surface area contributed by atoms with Gasteiger partial charge in [0.2, 0.25) is 0 Å². The number of carbonyl (C=O) groups excluding carboxylic acids is 1. The van der Waals surface area contributed by atoms with E-state index in [0.29, 0.717) is 5.56 Å². The molecule has 2 heterocycles. The van der Waals surface area contributed by atoms with Crippen LogP contribution in [0.1, 0.15) is 15.9 Å². The van der Waals surface area contributed by atoms with Gasteiger partial charge in [0.15, 0.2) is 0 Å². The fourth-order valence-corrected chi connectivity index (χ4v) is 2.82. The monoisotopic (exact) mass is 314 g/mol. The molecule has 0 spiro atoms. The normalized spacial score (nSPS) is 15.6. The van der Waals surface area contributed by atoms with Crippen molar-refractivity contribution in [1.29, 1.82) is 0 Å². The van der Waals surface area contributed by atoms with E-state index in [1.165, 1.54) is 11.8 Å². The first-order chi connectivity index (χ1) is 11.3. The minimum absolute atomic E-state index is 0.0635. The number of rotatable bonds is 5. The predicted octanol–water partition coefficient (Wildman–Crippen LogP) is 2.29. The molecule has 0 radical (unpaired) electrons. The van der Waals surface area contributed by atoms with Crippen LogP contribution in [0.25, 0.3) is 0 Å². The smallest absolute Gasteiger partial charge is 0.257 e. The van der Waals surface area contributed by atoms with Gasteiger partial charge in [-0.2, -0.15) is 0 Å². The third kappa shape index (κ3) is 3.93. The van der Waals surface area contributed by atoms with Crippen LogP contribution in [0, 0.1) is 0 Å². The van der Waals surface area contributed by atoms with Crippen LogP contribution in [0.3, 0.4) is 0 Å². The number of benzene rings is 1. The van der Waals surface area contributed by atoms with Crippen molar-refractivity contribution in [3.8, 4) is 5.75 Å². The molecule has 1 aromatic carbocycles. The van der Waals surface area contributed by atoms with Crippen molar-refractivity contribution in [3.05, 3.63) is 54.0 Å². The third-order valence-corrected chi connectivity index (χ3v) is 4.30. The second-order valence-electron chi connectivity index (χ2n) is 5.74. The van der Waals surface area contributed by atoms with Crippen LogP contribution in [0.15, 0.2) is 47.3 Å². The highest BCUT2D eigenvalue weighted by molar-refractivity contribution is 5.93. The molecule has 1 aliphatic heterocycles. The SMILES string of the molecule is COc1ccc(CCN2CCN(C(=O)c3ccoc3)CC2)cc1. The first kappa shape index (κ1) is 15.6. The second kappa shape index (κ2) is 7.33. The Morgan fingerprint density at radius 2 is 1.87 bits per heavy atom. The topological polar surface area (TPSA) is 45.9 Å². The molecule has 5 heteroatoms. The molecule has 0 saturated carbocycles. The molecule has 122 valence electrons. The maximum absolute atomic E-state index is 12.2. The number of amides is 1. The van der Waals surface area contributed by atoms with Gasteiger partial charge in [0.1, 0.15) is 12.0 Å². The summed E-state index contributed by atoms with van der Waals surface area (Å²) in [6.45, 7) is 4.39. The van der Waals surface area contributed by atoms with E-state index in [9.17, 15) is 4.79 Å². The molecule has 1 amide bonds. The highest BCUT2D eigenvalue weighted by Crippen LogP contribution is 2.13. The summed E-state index contributed by atoms with van der Waals surface area (Å²) in [6.07, 6.45) is 4.07. The lowest BCUT2D eigenvalue weighted by Gasteiger charge is -2.34. The lowest BCUT2D eigenvalue weighted by atomic mass is 10.1. The Morgan fingerprint density at radius 3 is 2.48 bits per heavy atom. The van der Waals surface area contributed by atoms with Gasteiger partial charge >= 0.3 is 0 Å². The fourth-order valence-electron chi connectivity index (χ4n) is 2.82. The Labute approximate surface area is 136 Å². The van der Waals surface area contributed by atoms with Crippen LogP contribution in [0.2, 0.25) is 0 Å². The fraction of sp³-hybridized carbons (Fsp3) is 0.389. The summed E-state index contributed by atoms with van der Waals surface area (Å²) >= 11 is 0. The molecule has 0 N–H and O–H groups in total. The van der Waals surface area contributed by atoms with Gasteiger partial charge < -0.3 is 14.1 Å². The molecular formula is C18H22N2O3. The summed E-state index contributed by atoms with van der Waals surface area (Å²) in [5.41, 5.74) is 1.94. The molecule has 0 unspecified atom stereocenters. The number of hydrogen-bond donors (Lipinski definition) is 0. The number of furan rings is 1. The van der Waals surface area contributed by atoms with Crippen LogP contribution >= 0.6 is 0 Å². The zero-order chi connectivity index (χ0) is 16.1. The van der Waals surface area contributed by atoms with Gasteiger partial charge in [0, 0.05) is 32.7 Å². The molecule has 0 atom stereocenters. The number of carbonyl (C=O) groups is 1. The molecule has 23 heavy (non-hydrogen) atoms. The summed E-state index contributed by atoms with van der Waals surface area (Å²) < 4.78 is 10.2. The summed E-state index contributed by atoms with van der Waals surface area (Å²) in [5.74, 6) is 0.952. The van der Waals surface area contributed by atoms with Gasteiger partial charge in [-0.3, -0.25) is 9.69 Å². The molecule has 3 rings (SSSR count). The first-order valence-corrected chi connectivity index (χ1v) is 7.93. The van der Waals surface area contributed by atoms with E-state index < -0.39 is 0 Å². The molecule has 1 aliphatic rings. The maximum Gasteiger partial charge on any atom is 0.257 e. The summed E-state index contributed by atoms with van der Waals surface area (Å²) in [6, 6.07) is 9.93. The van der Waals surface area contributed by atoms with Crippen LogP contribution in [-0.4, -0.2) is 55.5 Å². The Balaban J connectivity index is 1.44.